The monoisotopic (exact) mass is 238 g/mol. The van der Waals surface area contributed by atoms with Crippen molar-refractivity contribution >= 4 is 28.6 Å². The predicted octanol–water partition coefficient (Wildman–Crippen LogP) is 3.45. The van der Waals surface area contributed by atoms with Gasteiger partial charge in [-0.3, -0.25) is 0 Å². The Labute approximate surface area is 97.9 Å². The van der Waals surface area contributed by atoms with E-state index in [0.717, 1.165) is 28.7 Å². The molecule has 1 aromatic carbocycles. The van der Waals surface area contributed by atoms with Gasteiger partial charge in [0.05, 0.1) is 5.01 Å². The number of nitrogens with zero attached hydrogens (tertiary/aromatic N) is 1. The van der Waals surface area contributed by atoms with Crippen LogP contribution in [0, 0.1) is 0 Å². The number of halogens is 1. The zero-order valence-electron chi connectivity index (χ0n) is 8.11. The van der Waals surface area contributed by atoms with Crippen LogP contribution in [0.4, 0.5) is 5.69 Å². The largest absolute Gasteiger partial charge is 0.385 e. The molecule has 0 saturated heterocycles. The Morgan fingerprint density at radius 2 is 2.07 bits per heavy atom. The summed E-state index contributed by atoms with van der Waals surface area (Å²) in [6.45, 7) is 0.898. The molecule has 1 N–H and O–H groups in total. The zero-order valence-corrected chi connectivity index (χ0v) is 9.68. The molecule has 0 radical (unpaired) electrons. The molecule has 0 aliphatic carbocycles. The third-order valence-electron chi connectivity index (χ3n) is 2.00. The molecule has 0 spiro atoms. The number of rotatable bonds is 4. The summed E-state index contributed by atoms with van der Waals surface area (Å²) in [5, 5.41) is 7.24. The fourth-order valence-electron chi connectivity index (χ4n) is 1.26. The van der Waals surface area contributed by atoms with Gasteiger partial charge < -0.3 is 5.32 Å². The molecular weight excluding hydrogens is 228 g/mol. The Morgan fingerprint density at radius 1 is 1.27 bits per heavy atom. The molecule has 4 heteroatoms. The fourth-order valence-corrected chi connectivity index (χ4v) is 2.00. The van der Waals surface area contributed by atoms with E-state index >= 15 is 0 Å². The van der Waals surface area contributed by atoms with Crippen molar-refractivity contribution in [1.29, 1.82) is 0 Å². The summed E-state index contributed by atoms with van der Waals surface area (Å²) in [6, 6.07) is 7.72. The van der Waals surface area contributed by atoms with E-state index in [-0.39, 0.29) is 0 Å². The average Bonchev–Trinajstić information content (AvgIpc) is 2.74. The van der Waals surface area contributed by atoms with Crippen LogP contribution in [-0.2, 0) is 6.42 Å². The van der Waals surface area contributed by atoms with Crippen LogP contribution in [0.25, 0.3) is 0 Å². The number of anilines is 1. The molecule has 15 heavy (non-hydrogen) atoms. The van der Waals surface area contributed by atoms with Crippen LogP contribution < -0.4 is 5.32 Å². The molecule has 0 aliphatic heterocycles. The zero-order chi connectivity index (χ0) is 10.5. The van der Waals surface area contributed by atoms with Crippen molar-refractivity contribution in [2.75, 3.05) is 11.9 Å². The van der Waals surface area contributed by atoms with Crippen molar-refractivity contribution in [3.8, 4) is 0 Å². The van der Waals surface area contributed by atoms with Gasteiger partial charge in [0.25, 0.3) is 0 Å². The number of hydrogen-bond acceptors (Lipinski definition) is 3. The number of hydrogen-bond donors (Lipinski definition) is 1. The van der Waals surface area contributed by atoms with E-state index in [4.69, 9.17) is 11.6 Å². The summed E-state index contributed by atoms with van der Waals surface area (Å²) in [5.74, 6) is 0. The second-order valence-electron chi connectivity index (χ2n) is 3.11. The maximum absolute atomic E-state index is 5.79. The summed E-state index contributed by atoms with van der Waals surface area (Å²) >= 11 is 7.48. The normalized spacial score (nSPS) is 10.2. The van der Waals surface area contributed by atoms with E-state index in [1.54, 1.807) is 11.3 Å². The van der Waals surface area contributed by atoms with Crippen LogP contribution in [0.2, 0.25) is 5.02 Å². The first-order valence-corrected chi connectivity index (χ1v) is 5.98. The number of thiazole rings is 1. The summed E-state index contributed by atoms with van der Waals surface area (Å²) < 4.78 is 0. The van der Waals surface area contributed by atoms with Crippen LogP contribution in [0.3, 0.4) is 0 Å². The lowest BCUT2D eigenvalue weighted by Gasteiger charge is -2.04. The molecule has 0 saturated carbocycles. The maximum Gasteiger partial charge on any atom is 0.0942 e. The van der Waals surface area contributed by atoms with Gasteiger partial charge in [-0.2, -0.15) is 0 Å². The Balaban J connectivity index is 1.81. The van der Waals surface area contributed by atoms with Gasteiger partial charge in [-0.15, -0.1) is 11.3 Å². The van der Waals surface area contributed by atoms with E-state index in [2.05, 4.69) is 10.3 Å². The summed E-state index contributed by atoms with van der Waals surface area (Å²) in [7, 11) is 0. The van der Waals surface area contributed by atoms with Crippen LogP contribution in [0.15, 0.2) is 35.8 Å². The van der Waals surface area contributed by atoms with E-state index in [1.165, 1.54) is 0 Å². The second-order valence-corrected chi connectivity index (χ2v) is 4.53. The minimum absolute atomic E-state index is 0.764. The standard InChI is InChI=1S/C11H11ClN2S/c12-9-1-3-10(4-2-9)13-6-5-11-14-7-8-15-11/h1-4,7-8,13H,5-6H2. The maximum atomic E-state index is 5.79. The van der Waals surface area contributed by atoms with E-state index in [1.807, 2.05) is 35.8 Å². The first-order chi connectivity index (χ1) is 7.34. The first-order valence-electron chi connectivity index (χ1n) is 4.72. The lowest BCUT2D eigenvalue weighted by molar-refractivity contribution is 0.998. The van der Waals surface area contributed by atoms with Crippen molar-refractivity contribution in [2.24, 2.45) is 0 Å². The highest BCUT2D eigenvalue weighted by molar-refractivity contribution is 7.09. The van der Waals surface area contributed by atoms with Gasteiger partial charge in [0.15, 0.2) is 0 Å². The summed E-state index contributed by atoms with van der Waals surface area (Å²) in [6.07, 6.45) is 2.79. The van der Waals surface area contributed by atoms with Gasteiger partial charge >= 0.3 is 0 Å². The SMILES string of the molecule is Clc1ccc(NCCc2nccs2)cc1. The Bertz CT molecular complexity index is 397. The molecule has 78 valence electrons. The predicted molar refractivity (Wildman–Crippen MR) is 65.8 cm³/mol. The smallest absolute Gasteiger partial charge is 0.0942 e. The summed E-state index contributed by atoms with van der Waals surface area (Å²) in [5.41, 5.74) is 1.09. The fraction of sp³-hybridized carbons (Fsp3) is 0.182. The van der Waals surface area contributed by atoms with Crippen LogP contribution in [-0.4, -0.2) is 11.5 Å². The molecule has 0 amide bonds. The van der Waals surface area contributed by atoms with Crippen LogP contribution in [0.1, 0.15) is 5.01 Å². The van der Waals surface area contributed by atoms with E-state index in [0.29, 0.717) is 0 Å². The highest BCUT2D eigenvalue weighted by atomic mass is 35.5. The molecule has 0 bridgehead atoms. The van der Waals surface area contributed by atoms with Gasteiger partial charge in [-0.25, -0.2) is 4.98 Å². The van der Waals surface area contributed by atoms with Gasteiger partial charge in [-0.1, -0.05) is 11.6 Å². The molecule has 0 atom stereocenters. The Kier molecular flexibility index (Phi) is 3.59. The minimum atomic E-state index is 0.764. The van der Waals surface area contributed by atoms with Gasteiger partial charge in [0.2, 0.25) is 0 Å². The number of benzene rings is 1. The average molecular weight is 239 g/mol. The molecule has 0 aliphatic rings. The molecule has 1 aromatic heterocycles. The lowest BCUT2D eigenvalue weighted by atomic mass is 10.3. The number of aromatic nitrogens is 1. The minimum Gasteiger partial charge on any atom is -0.385 e. The Hall–Kier alpha value is -1.06. The Morgan fingerprint density at radius 3 is 2.73 bits per heavy atom. The molecular formula is C11H11ClN2S. The van der Waals surface area contributed by atoms with Gasteiger partial charge in [0, 0.05) is 35.3 Å². The highest BCUT2D eigenvalue weighted by Gasteiger charge is 1.95. The molecule has 0 unspecified atom stereocenters. The molecule has 0 fully saturated rings. The molecule has 2 rings (SSSR count). The summed E-state index contributed by atoms with van der Waals surface area (Å²) in [4.78, 5) is 4.22. The molecule has 1 heterocycles. The third-order valence-corrected chi connectivity index (χ3v) is 3.09. The van der Waals surface area contributed by atoms with Gasteiger partial charge in [0.1, 0.15) is 0 Å². The van der Waals surface area contributed by atoms with Crippen molar-refractivity contribution in [3.05, 3.63) is 45.9 Å². The van der Waals surface area contributed by atoms with Crippen molar-refractivity contribution in [3.63, 3.8) is 0 Å². The van der Waals surface area contributed by atoms with Crippen LogP contribution in [0.5, 0.6) is 0 Å². The van der Waals surface area contributed by atoms with E-state index < -0.39 is 0 Å². The molecule has 2 nitrogen and oxygen atoms in total. The van der Waals surface area contributed by atoms with Crippen molar-refractivity contribution < 1.29 is 0 Å². The quantitative estimate of drug-likeness (QED) is 0.883. The second kappa shape index (κ2) is 5.14. The first kappa shape index (κ1) is 10.5. The van der Waals surface area contributed by atoms with Crippen molar-refractivity contribution in [2.45, 2.75) is 6.42 Å². The number of nitrogens with one attached hydrogen (secondary N) is 1. The third kappa shape index (κ3) is 3.22. The molecule has 2 aromatic rings. The van der Waals surface area contributed by atoms with E-state index in [9.17, 15) is 0 Å². The topological polar surface area (TPSA) is 24.9 Å². The van der Waals surface area contributed by atoms with Crippen molar-refractivity contribution in [1.82, 2.24) is 4.98 Å². The van der Waals surface area contributed by atoms with Gasteiger partial charge in [-0.05, 0) is 24.3 Å². The lowest BCUT2D eigenvalue weighted by Crippen LogP contribution is -2.04. The highest BCUT2D eigenvalue weighted by Crippen LogP contribution is 2.13. The van der Waals surface area contributed by atoms with Crippen LogP contribution >= 0.6 is 22.9 Å².